The summed E-state index contributed by atoms with van der Waals surface area (Å²) in [5.74, 6) is -0.234. The molecule has 0 saturated heterocycles. The molecule has 0 bridgehead atoms. The average Bonchev–Trinajstić information content (AvgIpc) is 2.34. The van der Waals surface area contributed by atoms with E-state index in [2.05, 4.69) is 31.2 Å². The van der Waals surface area contributed by atoms with Crippen LogP contribution in [-0.4, -0.2) is 15.9 Å². The second-order valence-electron chi connectivity index (χ2n) is 3.95. The maximum absolute atomic E-state index is 11.9. The third-order valence-corrected chi connectivity index (χ3v) is 3.22. The van der Waals surface area contributed by atoms with Crippen LogP contribution in [0.5, 0.6) is 0 Å². The number of hydrogen-bond donors (Lipinski definition) is 1. The summed E-state index contributed by atoms with van der Waals surface area (Å²) in [6.07, 6.45) is 1.60. The van der Waals surface area contributed by atoms with Crippen LogP contribution >= 0.6 is 15.9 Å². The zero-order valence-corrected chi connectivity index (χ0v) is 11.7. The molecule has 0 unspecified atom stereocenters. The minimum Gasteiger partial charge on any atom is -0.319 e. The fraction of sp³-hybridized carbons (Fsp3) is 0.154. The Bertz CT molecular complexity index is 599. The first kappa shape index (κ1) is 12.7. The number of amides is 1. The molecule has 0 aliphatic carbocycles. The highest BCUT2D eigenvalue weighted by molar-refractivity contribution is 9.10. The minimum atomic E-state index is -0.234. The van der Waals surface area contributed by atoms with E-state index in [9.17, 15) is 4.79 Å². The summed E-state index contributed by atoms with van der Waals surface area (Å²) in [6, 6.07) is 7.19. The number of carbonyl (C=O) groups excluding carboxylic acids is 1. The van der Waals surface area contributed by atoms with Gasteiger partial charge in [-0.3, -0.25) is 4.79 Å². The van der Waals surface area contributed by atoms with Crippen LogP contribution in [0.4, 0.5) is 5.69 Å². The quantitative estimate of drug-likeness (QED) is 0.867. The molecule has 5 heteroatoms. The predicted molar refractivity (Wildman–Crippen MR) is 73.6 cm³/mol. The van der Waals surface area contributed by atoms with Crippen molar-refractivity contribution in [3.63, 3.8) is 0 Å². The van der Waals surface area contributed by atoms with Crippen LogP contribution in [0.1, 0.15) is 21.7 Å². The molecule has 0 saturated carbocycles. The third kappa shape index (κ3) is 2.92. The Kier molecular flexibility index (Phi) is 3.72. The van der Waals surface area contributed by atoms with Gasteiger partial charge in [-0.05, 0) is 53.5 Å². The van der Waals surface area contributed by atoms with Crippen molar-refractivity contribution in [1.29, 1.82) is 0 Å². The molecule has 1 N–H and O–H groups in total. The van der Waals surface area contributed by atoms with Crippen molar-refractivity contribution >= 4 is 27.5 Å². The minimum absolute atomic E-state index is 0.234. The lowest BCUT2D eigenvalue weighted by Gasteiger charge is -2.06. The summed E-state index contributed by atoms with van der Waals surface area (Å²) in [6.45, 7) is 3.76. The lowest BCUT2D eigenvalue weighted by molar-refractivity contribution is 0.102. The van der Waals surface area contributed by atoms with Gasteiger partial charge >= 0.3 is 0 Å². The predicted octanol–water partition coefficient (Wildman–Crippen LogP) is 3.11. The number of aromatic nitrogens is 2. The zero-order valence-electron chi connectivity index (χ0n) is 10.1. The van der Waals surface area contributed by atoms with Crippen LogP contribution in [0.15, 0.2) is 35.1 Å². The van der Waals surface area contributed by atoms with Gasteiger partial charge in [-0.2, -0.15) is 0 Å². The normalized spacial score (nSPS) is 10.2. The van der Waals surface area contributed by atoms with E-state index in [1.54, 1.807) is 12.3 Å². The third-order valence-electron chi connectivity index (χ3n) is 2.39. The van der Waals surface area contributed by atoms with Crippen molar-refractivity contribution in [2.45, 2.75) is 13.8 Å². The first-order valence-electron chi connectivity index (χ1n) is 5.43. The molecule has 0 aromatic carbocycles. The van der Waals surface area contributed by atoms with Gasteiger partial charge in [0.15, 0.2) is 0 Å². The second-order valence-corrected chi connectivity index (χ2v) is 4.70. The SMILES string of the molecule is Cc1cccc(C(=O)Nc2cnc(Br)c(C)c2)n1. The lowest BCUT2D eigenvalue weighted by atomic mass is 10.2. The largest absolute Gasteiger partial charge is 0.319 e. The van der Waals surface area contributed by atoms with Crippen molar-refractivity contribution in [3.05, 3.63) is 52.0 Å². The Hall–Kier alpha value is -1.75. The number of carbonyl (C=O) groups is 1. The fourth-order valence-corrected chi connectivity index (χ4v) is 1.71. The number of halogens is 1. The molecule has 2 rings (SSSR count). The molecule has 0 aliphatic heterocycles. The van der Waals surface area contributed by atoms with Crippen molar-refractivity contribution in [3.8, 4) is 0 Å². The topological polar surface area (TPSA) is 54.9 Å². The molecule has 2 aromatic rings. The van der Waals surface area contributed by atoms with E-state index in [1.807, 2.05) is 32.0 Å². The van der Waals surface area contributed by atoms with Crippen LogP contribution in [0.25, 0.3) is 0 Å². The summed E-state index contributed by atoms with van der Waals surface area (Å²) in [4.78, 5) is 20.2. The molecule has 18 heavy (non-hydrogen) atoms. The summed E-state index contributed by atoms with van der Waals surface area (Å²) in [7, 11) is 0. The van der Waals surface area contributed by atoms with Gasteiger partial charge in [0.2, 0.25) is 0 Å². The lowest BCUT2D eigenvalue weighted by Crippen LogP contribution is -2.14. The maximum Gasteiger partial charge on any atom is 0.274 e. The van der Waals surface area contributed by atoms with Gasteiger partial charge in [0, 0.05) is 5.69 Å². The molecule has 1 amide bonds. The number of pyridine rings is 2. The molecule has 0 spiro atoms. The second kappa shape index (κ2) is 5.27. The van der Waals surface area contributed by atoms with Gasteiger partial charge in [0.1, 0.15) is 10.3 Å². The molecule has 4 nitrogen and oxygen atoms in total. The van der Waals surface area contributed by atoms with Crippen LogP contribution in [0, 0.1) is 13.8 Å². The molecular weight excluding hydrogens is 294 g/mol. The fourth-order valence-electron chi connectivity index (χ4n) is 1.49. The highest BCUT2D eigenvalue weighted by atomic mass is 79.9. The van der Waals surface area contributed by atoms with Gasteiger partial charge in [0.05, 0.1) is 11.9 Å². The zero-order chi connectivity index (χ0) is 13.1. The first-order valence-corrected chi connectivity index (χ1v) is 6.23. The van der Waals surface area contributed by atoms with Crippen LogP contribution in [0.3, 0.4) is 0 Å². The van der Waals surface area contributed by atoms with E-state index in [4.69, 9.17) is 0 Å². The Balaban J connectivity index is 2.18. The van der Waals surface area contributed by atoms with Gasteiger partial charge in [-0.25, -0.2) is 9.97 Å². The highest BCUT2D eigenvalue weighted by Gasteiger charge is 2.08. The monoisotopic (exact) mass is 305 g/mol. The average molecular weight is 306 g/mol. The number of nitrogens with zero attached hydrogens (tertiary/aromatic N) is 2. The summed E-state index contributed by atoms with van der Waals surface area (Å²) in [5, 5.41) is 2.77. The molecule has 92 valence electrons. The van der Waals surface area contributed by atoms with Crippen LogP contribution in [0.2, 0.25) is 0 Å². The van der Waals surface area contributed by atoms with Crippen molar-refractivity contribution in [2.24, 2.45) is 0 Å². The molecule has 2 heterocycles. The smallest absolute Gasteiger partial charge is 0.274 e. The number of nitrogens with one attached hydrogen (secondary N) is 1. The molecular formula is C13H12BrN3O. The van der Waals surface area contributed by atoms with Crippen molar-refractivity contribution in [1.82, 2.24) is 9.97 Å². The number of rotatable bonds is 2. The molecule has 2 aromatic heterocycles. The molecule has 0 fully saturated rings. The van der Waals surface area contributed by atoms with E-state index in [-0.39, 0.29) is 5.91 Å². The van der Waals surface area contributed by atoms with Gasteiger partial charge in [-0.1, -0.05) is 6.07 Å². The maximum atomic E-state index is 11.9. The van der Waals surface area contributed by atoms with Crippen molar-refractivity contribution < 1.29 is 4.79 Å². The van der Waals surface area contributed by atoms with E-state index < -0.39 is 0 Å². The molecule has 0 radical (unpaired) electrons. The Morgan fingerprint density at radius 2 is 2.11 bits per heavy atom. The number of hydrogen-bond acceptors (Lipinski definition) is 3. The first-order chi connectivity index (χ1) is 8.56. The van der Waals surface area contributed by atoms with Crippen LogP contribution < -0.4 is 5.32 Å². The van der Waals surface area contributed by atoms with Gasteiger partial charge in [-0.15, -0.1) is 0 Å². The van der Waals surface area contributed by atoms with E-state index >= 15 is 0 Å². The van der Waals surface area contributed by atoms with E-state index in [1.165, 1.54) is 0 Å². The standard InChI is InChI=1S/C13H12BrN3O/c1-8-6-10(7-15-12(8)14)17-13(18)11-5-3-4-9(2)16-11/h3-7H,1-2H3,(H,17,18). The Labute approximate surface area is 114 Å². The molecule has 0 atom stereocenters. The summed E-state index contributed by atoms with van der Waals surface area (Å²) in [5.41, 5.74) is 2.83. The Morgan fingerprint density at radius 3 is 2.78 bits per heavy atom. The van der Waals surface area contributed by atoms with E-state index in [0.29, 0.717) is 11.4 Å². The van der Waals surface area contributed by atoms with Gasteiger partial charge < -0.3 is 5.32 Å². The van der Waals surface area contributed by atoms with Crippen LogP contribution in [-0.2, 0) is 0 Å². The van der Waals surface area contributed by atoms with Gasteiger partial charge in [0.25, 0.3) is 5.91 Å². The van der Waals surface area contributed by atoms with Crippen molar-refractivity contribution in [2.75, 3.05) is 5.32 Å². The van der Waals surface area contributed by atoms with E-state index in [0.717, 1.165) is 15.9 Å². The summed E-state index contributed by atoms with van der Waals surface area (Å²) < 4.78 is 0.772. The Morgan fingerprint density at radius 1 is 1.33 bits per heavy atom. The number of aryl methyl sites for hydroxylation is 2. The summed E-state index contributed by atoms with van der Waals surface area (Å²) >= 11 is 3.31. The number of anilines is 1. The highest BCUT2D eigenvalue weighted by Crippen LogP contribution is 2.17. The molecule has 0 aliphatic rings.